The second-order valence-corrected chi connectivity index (χ2v) is 13.3. The van der Waals surface area contributed by atoms with Crippen LogP contribution in [0, 0.1) is 51.1 Å². The van der Waals surface area contributed by atoms with Crippen LogP contribution in [0.3, 0.4) is 0 Å². The van der Waals surface area contributed by atoms with E-state index < -0.39 is 6.10 Å². The minimum atomic E-state index is -0.458. The average molecular weight is 505 g/mol. The van der Waals surface area contributed by atoms with Crippen LogP contribution >= 0.6 is 11.8 Å². The van der Waals surface area contributed by atoms with Crippen molar-refractivity contribution >= 4 is 23.5 Å². The summed E-state index contributed by atoms with van der Waals surface area (Å²) in [6, 6.07) is 0. The van der Waals surface area contributed by atoms with Crippen molar-refractivity contribution < 1.29 is 19.4 Å². The molecule has 0 saturated heterocycles. The number of carbonyl (C=O) groups is 2. The number of aliphatic hydroxyl groups excluding tert-OH is 1. The van der Waals surface area contributed by atoms with Crippen molar-refractivity contribution in [3.05, 3.63) is 0 Å². The number of aliphatic hydroxyl groups is 1. The Morgan fingerprint density at radius 2 is 1.83 bits per heavy atom. The summed E-state index contributed by atoms with van der Waals surface area (Å²) in [4.78, 5) is 28.0. The first-order valence-corrected chi connectivity index (χ1v) is 14.6. The van der Waals surface area contributed by atoms with Crippen LogP contribution in [0.15, 0.2) is 0 Å². The first-order valence-electron chi connectivity index (χ1n) is 13.7. The number of nitriles is 1. The molecule has 6 nitrogen and oxygen atoms in total. The molecule has 0 aromatic heterocycles. The van der Waals surface area contributed by atoms with E-state index >= 15 is 0 Å². The van der Waals surface area contributed by atoms with Gasteiger partial charge in [-0.15, -0.1) is 0 Å². The van der Waals surface area contributed by atoms with Gasteiger partial charge in [0.25, 0.3) is 0 Å². The summed E-state index contributed by atoms with van der Waals surface area (Å²) in [7, 11) is 0. The van der Waals surface area contributed by atoms with E-state index in [0.29, 0.717) is 24.3 Å². The molecule has 4 fully saturated rings. The summed E-state index contributed by atoms with van der Waals surface area (Å²) in [5.74, 6) is 1.60. The molecule has 0 unspecified atom stereocenters. The van der Waals surface area contributed by atoms with Gasteiger partial charge in [0.05, 0.1) is 12.6 Å². The number of fused-ring (bicyclic) bond motifs is 5. The number of nitrogens with zero attached hydrogens (tertiary/aromatic N) is 2. The van der Waals surface area contributed by atoms with E-state index in [9.17, 15) is 20.0 Å². The number of carbonyl (C=O) groups excluding carboxylic acids is 2. The molecule has 7 heteroatoms. The minimum Gasteiger partial charge on any atom is -0.461 e. The third-order valence-corrected chi connectivity index (χ3v) is 11.7. The Bertz CT molecular complexity index is 856. The van der Waals surface area contributed by atoms with Crippen molar-refractivity contribution in [2.24, 2.45) is 40.4 Å². The average Bonchev–Trinajstić information content (AvgIpc) is 3.15. The number of ketones is 1. The predicted molar refractivity (Wildman–Crippen MR) is 137 cm³/mol. The Kier molecular flexibility index (Phi) is 7.96. The van der Waals surface area contributed by atoms with Crippen molar-refractivity contribution in [1.29, 1.82) is 5.26 Å². The molecule has 0 aromatic rings. The Hall–Kier alpha value is -1.10. The van der Waals surface area contributed by atoms with E-state index in [1.165, 1.54) is 11.8 Å². The van der Waals surface area contributed by atoms with Gasteiger partial charge in [-0.25, -0.2) is 0 Å². The van der Waals surface area contributed by atoms with Gasteiger partial charge in [0.2, 0.25) is 0 Å². The lowest BCUT2D eigenvalue weighted by Gasteiger charge is -2.63. The van der Waals surface area contributed by atoms with Crippen LogP contribution < -0.4 is 0 Å². The zero-order valence-corrected chi connectivity index (χ0v) is 23.0. The normalized spacial score (nSPS) is 44.6. The summed E-state index contributed by atoms with van der Waals surface area (Å²) < 4.78 is 6.41. The predicted octanol–water partition coefficient (Wildman–Crippen LogP) is 4.65. The maximum Gasteiger partial charge on any atom is 0.320 e. The third kappa shape index (κ3) is 4.68. The van der Waals surface area contributed by atoms with E-state index in [1.54, 1.807) is 6.92 Å². The largest absolute Gasteiger partial charge is 0.461 e. The van der Waals surface area contributed by atoms with E-state index in [1.807, 2.05) is 0 Å². The molecule has 4 aliphatic carbocycles. The molecule has 35 heavy (non-hydrogen) atoms. The van der Waals surface area contributed by atoms with Crippen LogP contribution in [0.4, 0.5) is 0 Å². The fraction of sp³-hybridized carbons (Fsp3) is 0.893. The number of hydrogen-bond donors (Lipinski definition) is 1. The summed E-state index contributed by atoms with van der Waals surface area (Å²) in [6.45, 7) is 12.4. The molecule has 4 rings (SSSR count). The Morgan fingerprint density at radius 1 is 1.11 bits per heavy atom. The smallest absolute Gasteiger partial charge is 0.320 e. The highest BCUT2D eigenvalue weighted by Crippen LogP contribution is 2.68. The highest BCUT2D eigenvalue weighted by Gasteiger charge is 2.65. The van der Waals surface area contributed by atoms with E-state index in [2.05, 4.69) is 38.0 Å². The van der Waals surface area contributed by atoms with Gasteiger partial charge in [-0.3, -0.25) is 14.5 Å². The van der Waals surface area contributed by atoms with Crippen LogP contribution in [-0.4, -0.2) is 58.9 Å². The summed E-state index contributed by atoms with van der Waals surface area (Å²) >= 11 is 1.20. The minimum absolute atomic E-state index is 0.0398. The molecule has 0 bridgehead atoms. The van der Waals surface area contributed by atoms with Gasteiger partial charge in [-0.05, 0) is 105 Å². The standard InChI is InChI=1S/C28H44N2O4S/c1-6-30(7-2)15-25(33)34-23-13-28(5)20(17(3)31)10-11-21(28)19-9-8-18-12-22(32)24(35-16-29)14-27(18,4)26(19)23/h18-24,26,32H,6-15H2,1-5H3/t18-,19-,20+,21-,22-,23-,24-,26+,27-,28+/m0/s1. The molecule has 4 aliphatic rings. The zero-order valence-electron chi connectivity index (χ0n) is 22.2. The number of thioether (sulfide) groups is 1. The van der Waals surface area contributed by atoms with Crippen LogP contribution in [0.5, 0.6) is 0 Å². The monoisotopic (exact) mass is 504 g/mol. The van der Waals surface area contributed by atoms with Gasteiger partial charge in [0.15, 0.2) is 0 Å². The first kappa shape index (κ1) is 26.9. The Morgan fingerprint density at radius 3 is 2.46 bits per heavy atom. The van der Waals surface area contributed by atoms with Crippen molar-refractivity contribution in [3.8, 4) is 5.40 Å². The lowest BCUT2D eigenvalue weighted by Crippen LogP contribution is -2.61. The summed E-state index contributed by atoms with van der Waals surface area (Å²) in [5, 5.41) is 22.3. The molecule has 0 radical (unpaired) electrons. The molecule has 4 saturated carbocycles. The van der Waals surface area contributed by atoms with Crippen LogP contribution in [0.2, 0.25) is 0 Å². The lowest BCUT2D eigenvalue weighted by atomic mass is 9.43. The number of thiocyanates is 1. The zero-order chi connectivity index (χ0) is 25.5. The van der Waals surface area contributed by atoms with Crippen LogP contribution in [0.25, 0.3) is 0 Å². The molecule has 0 spiro atoms. The Balaban J connectivity index is 1.69. The van der Waals surface area contributed by atoms with E-state index in [-0.39, 0.29) is 45.8 Å². The Labute approximate surface area is 215 Å². The number of esters is 1. The van der Waals surface area contributed by atoms with Gasteiger partial charge in [0.1, 0.15) is 17.3 Å². The van der Waals surface area contributed by atoms with Crippen LogP contribution in [-0.2, 0) is 14.3 Å². The van der Waals surface area contributed by atoms with Gasteiger partial charge < -0.3 is 9.84 Å². The van der Waals surface area contributed by atoms with E-state index in [4.69, 9.17) is 4.74 Å². The molecule has 10 atom stereocenters. The number of rotatable bonds is 7. The molecule has 0 heterocycles. The highest BCUT2D eigenvalue weighted by atomic mass is 32.2. The SMILES string of the molecule is CCN(CC)CC(=O)O[C@H]1C[C@]2(C)[C@@H](C(C)=O)CC[C@H]2[C@@H]2CC[C@H]3C[C@H](O)[C@@H](SC#N)C[C@]3(C)[C@H]21. The summed E-state index contributed by atoms with van der Waals surface area (Å²) in [6.07, 6.45) is 5.71. The van der Waals surface area contributed by atoms with Crippen molar-refractivity contribution in [2.45, 2.75) is 97.0 Å². The molecular weight excluding hydrogens is 460 g/mol. The maximum atomic E-state index is 13.2. The van der Waals surface area contributed by atoms with Crippen molar-refractivity contribution in [1.82, 2.24) is 4.90 Å². The maximum absolute atomic E-state index is 13.2. The van der Waals surface area contributed by atoms with Gasteiger partial charge >= 0.3 is 5.97 Å². The fourth-order valence-electron chi connectivity index (χ4n) is 9.15. The topological polar surface area (TPSA) is 90.6 Å². The molecule has 0 aliphatic heterocycles. The second kappa shape index (κ2) is 10.3. The van der Waals surface area contributed by atoms with Crippen molar-refractivity contribution in [2.75, 3.05) is 19.6 Å². The van der Waals surface area contributed by atoms with Crippen molar-refractivity contribution in [3.63, 3.8) is 0 Å². The number of Topliss-reactive ketones (excluding diaryl/α,β-unsaturated/α-hetero) is 1. The molecular formula is C28H44N2O4S. The second-order valence-electron chi connectivity index (χ2n) is 12.3. The summed E-state index contributed by atoms with van der Waals surface area (Å²) in [5.41, 5.74) is -0.224. The van der Waals surface area contributed by atoms with E-state index in [0.717, 1.165) is 58.0 Å². The quantitative estimate of drug-likeness (QED) is 0.399. The lowest BCUT2D eigenvalue weighted by molar-refractivity contribution is -0.198. The number of ether oxygens (including phenoxy) is 1. The number of hydrogen-bond acceptors (Lipinski definition) is 7. The van der Waals surface area contributed by atoms with Gasteiger partial charge in [-0.2, -0.15) is 5.26 Å². The first-order chi connectivity index (χ1) is 16.6. The van der Waals surface area contributed by atoms with Gasteiger partial charge in [-0.1, -0.05) is 27.7 Å². The fourth-order valence-corrected chi connectivity index (χ4v) is 9.99. The number of likely N-dealkylation sites (N-methyl/N-ethyl adjacent to an activating group) is 1. The third-order valence-electron chi connectivity index (χ3n) is 10.8. The molecule has 0 amide bonds. The van der Waals surface area contributed by atoms with Gasteiger partial charge in [0, 0.05) is 17.1 Å². The molecule has 1 N–H and O–H groups in total. The molecule has 196 valence electrons. The van der Waals surface area contributed by atoms with Crippen LogP contribution in [0.1, 0.15) is 79.6 Å². The molecule has 0 aromatic carbocycles. The highest BCUT2D eigenvalue weighted by molar-refractivity contribution is 8.04.